The summed E-state index contributed by atoms with van der Waals surface area (Å²) in [6.45, 7) is 1.15. The van der Waals surface area contributed by atoms with E-state index in [1.165, 1.54) is 6.07 Å². The quantitative estimate of drug-likeness (QED) is 0.700. The van der Waals surface area contributed by atoms with Crippen LogP contribution >= 0.6 is 0 Å². The Hall–Kier alpha value is -2.90. The molecule has 140 valence electrons. The van der Waals surface area contributed by atoms with Crippen LogP contribution in [0.3, 0.4) is 0 Å². The third kappa shape index (κ3) is 3.15. The Bertz CT molecular complexity index is 1020. The first-order valence-corrected chi connectivity index (χ1v) is 8.58. The number of halogens is 3. The number of alkyl halides is 2. The van der Waals surface area contributed by atoms with E-state index in [-0.39, 0.29) is 11.8 Å². The lowest BCUT2D eigenvalue weighted by Gasteiger charge is -2.11. The maximum atomic E-state index is 13.6. The maximum absolute atomic E-state index is 13.6. The standard InChI is InChI=1S/C19H17F3N4O/c1-25-5-4-12(19(25)27)10-26-17-7-13(8-23-16(17)9-24-26)11-2-3-15(20)14(6-11)18(21)22/h2-3,6-9,12,18H,4-5,10H2,1H3. The molecule has 0 radical (unpaired) electrons. The number of amides is 1. The lowest BCUT2D eigenvalue weighted by atomic mass is 10.0. The molecule has 1 atom stereocenters. The topological polar surface area (TPSA) is 51.0 Å². The smallest absolute Gasteiger partial charge is 0.266 e. The summed E-state index contributed by atoms with van der Waals surface area (Å²) < 4.78 is 41.2. The Kier molecular flexibility index (Phi) is 4.33. The van der Waals surface area contributed by atoms with Crippen LogP contribution in [0.1, 0.15) is 18.4 Å². The van der Waals surface area contributed by atoms with E-state index in [2.05, 4.69) is 10.1 Å². The van der Waals surface area contributed by atoms with Gasteiger partial charge in [-0.25, -0.2) is 13.2 Å². The Labute approximate surface area is 153 Å². The minimum atomic E-state index is -2.89. The first-order valence-electron chi connectivity index (χ1n) is 8.58. The van der Waals surface area contributed by atoms with Crippen LogP contribution in [0.2, 0.25) is 0 Å². The van der Waals surface area contributed by atoms with Gasteiger partial charge < -0.3 is 4.90 Å². The van der Waals surface area contributed by atoms with E-state index in [0.717, 1.165) is 25.1 Å². The van der Waals surface area contributed by atoms with Crippen LogP contribution < -0.4 is 0 Å². The molecule has 8 heteroatoms. The van der Waals surface area contributed by atoms with Gasteiger partial charge in [0.25, 0.3) is 6.43 Å². The van der Waals surface area contributed by atoms with Crippen molar-refractivity contribution in [3.63, 3.8) is 0 Å². The summed E-state index contributed by atoms with van der Waals surface area (Å²) in [5.74, 6) is -0.988. The fourth-order valence-corrected chi connectivity index (χ4v) is 3.42. The summed E-state index contributed by atoms with van der Waals surface area (Å²) in [4.78, 5) is 18.2. The molecule has 3 aromatic rings. The van der Waals surface area contributed by atoms with Crippen LogP contribution in [0.15, 0.2) is 36.7 Å². The summed E-state index contributed by atoms with van der Waals surface area (Å²) in [5.41, 5.74) is 1.75. The van der Waals surface area contributed by atoms with Gasteiger partial charge in [0.15, 0.2) is 0 Å². The summed E-state index contributed by atoms with van der Waals surface area (Å²) in [6.07, 6.45) is 1.03. The van der Waals surface area contributed by atoms with Crippen LogP contribution in [0.25, 0.3) is 22.2 Å². The van der Waals surface area contributed by atoms with Crippen molar-refractivity contribution in [3.8, 4) is 11.1 Å². The van der Waals surface area contributed by atoms with Crippen molar-refractivity contribution in [1.82, 2.24) is 19.7 Å². The number of aromatic nitrogens is 3. The summed E-state index contributed by atoms with van der Waals surface area (Å²) in [6, 6.07) is 5.39. The van der Waals surface area contributed by atoms with Gasteiger partial charge in [-0.1, -0.05) is 6.07 Å². The Morgan fingerprint density at radius 2 is 2.04 bits per heavy atom. The molecule has 4 rings (SSSR count). The number of benzene rings is 1. The lowest BCUT2D eigenvalue weighted by Crippen LogP contribution is -2.25. The molecule has 27 heavy (non-hydrogen) atoms. The number of likely N-dealkylation sites (tertiary alicyclic amines) is 1. The largest absolute Gasteiger partial charge is 0.345 e. The molecule has 0 aliphatic carbocycles. The summed E-state index contributed by atoms with van der Waals surface area (Å²) in [5, 5.41) is 4.32. The monoisotopic (exact) mass is 374 g/mol. The summed E-state index contributed by atoms with van der Waals surface area (Å²) >= 11 is 0. The predicted octanol–water partition coefficient (Wildman–Crippen LogP) is 3.65. The van der Waals surface area contributed by atoms with E-state index in [9.17, 15) is 18.0 Å². The molecule has 1 amide bonds. The Balaban J connectivity index is 1.70. The molecule has 1 unspecified atom stereocenters. The van der Waals surface area contributed by atoms with Crippen molar-refractivity contribution in [3.05, 3.63) is 48.0 Å². The predicted molar refractivity (Wildman–Crippen MR) is 93.6 cm³/mol. The number of nitrogens with zero attached hydrogens (tertiary/aromatic N) is 4. The van der Waals surface area contributed by atoms with Crippen molar-refractivity contribution >= 4 is 16.9 Å². The van der Waals surface area contributed by atoms with E-state index in [4.69, 9.17) is 0 Å². The molecule has 1 saturated heterocycles. The first-order chi connectivity index (χ1) is 12.9. The first kappa shape index (κ1) is 17.5. The van der Waals surface area contributed by atoms with Gasteiger partial charge in [-0.15, -0.1) is 0 Å². The van der Waals surface area contributed by atoms with E-state index in [1.54, 1.807) is 35.1 Å². The second kappa shape index (κ2) is 6.68. The third-order valence-corrected chi connectivity index (χ3v) is 4.99. The molecule has 0 N–H and O–H groups in total. The number of hydrogen-bond donors (Lipinski definition) is 0. The number of fused-ring (bicyclic) bond motifs is 1. The van der Waals surface area contributed by atoms with E-state index in [0.29, 0.717) is 28.7 Å². The van der Waals surface area contributed by atoms with E-state index in [1.807, 2.05) is 0 Å². The second-order valence-corrected chi connectivity index (χ2v) is 6.74. The molecule has 2 aromatic heterocycles. The second-order valence-electron chi connectivity index (χ2n) is 6.74. The molecular formula is C19H17F3N4O. The molecule has 5 nitrogen and oxygen atoms in total. The van der Waals surface area contributed by atoms with Gasteiger partial charge in [-0.3, -0.25) is 14.5 Å². The van der Waals surface area contributed by atoms with Gasteiger partial charge in [-0.05, 0) is 30.2 Å². The van der Waals surface area contributed by atoms with Crippen molar-refractivity contribution in [2.75, 3.05) is 13.6 Å². The number of hydrogen-bond acceptors (Lipinski definition) is 3. The highest BCUT2D eigenvalue weighted by atomic mass is 19.3. The van der Waals surface area contributed by atoms with Crippen LogP contribution in [0.5, 0.6) is 0 Å². The zero-order valence-corrected chi connectivity index (χ0v) is 14.6. The molecule has 3 heterocycles. The number of carbonyl (C=O) groups is 1. The Morgan fingerprint density at radius 1 is 1.22 bits per heavy atom. The third-order valence-electron chi connectivity index (χ3n) is 4.99. The normalized spacial score (nSPS) is 17.4. The van der Waals surface area contributed by atoms with Gasteiger partial charge in [0.2, 0.25) is 5.91 Å². The highest BCUT2D eigenvalue weighted by Crippen LogP contribution is 2.29. The SMILES string of the molecule is CN1CCC(Cn2ncc3ncc(-c4ccc(F)c(C(F)F)c4)cc32)C1=O. The maximum Gasteiger partial charge on any atom is 0.266 e. The number of carbonyl (C=O) groups excluding carboxylic acids is 1. The Morgan fingerprint density at radius 3 is 2.74 bits per heavy atom. The number of pyridine rings is 1. The molecule has 1 aromatic carbocycles. The molecule has 1 aliphatic heterocycles. The fraction of sp³-hybridized carbons (Fsp3) is 0.316. The average Bonchev–Trinajstić information content (AvgIpc) is 3.20. The zero-order valence-electron chi connectivity index (χ0n) is 14.6. The van der Waals surface area contributed by atoms with Crippen molar-refractivity contribution in [2.45, 2.75) is 19.4 Å². The summed E-state index contributed by atoms with van der Waals surface area (Å²) in [7, 11) is 1.78. The molecule has 0 saturated carbocycles. The van der Waals surface area contributed by atoms with Crippen LogP contribution in [0, 0.1) is 11.7 Å². The molecule has 0 spiro atoms. The highest BCUT2D eigenvalue weighted by molar-refractivity contribution is 5.82. The van der Waals surface area contributed by atoms with Crippen LogP contribution in [-0.4, -0.2) is 39.2 Å². The van der Waals surface area contributed by atoms with Crippen LogP contribution in [0.4, 0.5) is 13.2 Å². The lowest BCUT2D eigenvalue weighted by molar-refractivity contribution is -0.130. The van der Waals surface area contributed by atoms with Crippen molar-refractivity contribution in [2.24, 2.45) is 5.92 Å². The molecule has 1 fully saturated rings. The van der Waals surface area contributed by atoms with E-state index >= 15 is 0 Å². The highest BCUT2D eigenvalue weighted by Gasteiger charge is 2.29. The van der Waals surface area contributed by atoms with Crippen LogP contribution in [-0.2, 0) is 11.3 Å². The minimum Gasteiger partial charge on any atom is -0.345 e. The van der Waals surface area contributed by atoms with Gasteiger partial charge in [0.05, 0.1) is 29.7 Å². The van der Waals surface area contributed by atoms with E-state index < -0.39 is 17.8 Å². The van der Waals surface area contributed by atoms with Gasteiger partial charge in [0.1, 0.15) is 11.3 Å². The molecule has 0 bridgehead atoms. The molecular weight excluding hydrogens is 357 g/mol. The van der Waals surface area contributed by atoms with Gasteiger partial charge >= 0.3 is 0 Å². The number of rotatable bonds is 4. The van der Waals surface area contributed by atoms with Gasteiger partial charge in [0, 0.05) is 25.4 Å². The van der Waals surface area contributed by atoms with Crippen molar-refractivity contribution < 1.29 is 18.0 Å². The fourth-order valence-electron chi connectivity index (χ4n) is 3.42. The zero-order chi connectivity index (χ0) is 19.1. The molecule has 1 aliphatic rings. The van der Waals surface area contributed by atoms with Gasteiger partial charge in [-0.2, -0.15) is 5.10 Å². The average molecular weight is 374 g/mol. The minimum absolute atomic E-state index is 0.0860. The van der Waals surface area contributed by atoms with Crippen molar-refractivity contribution in [1.29, 1.82) is 0 Å².